The van der Waals surface area contributed by atoms with Crippen LogP contribution in [0.5, 0.6) is 0 Å². The number of aliphatic hydroxyl groups excluding tert-OH is 1. The van der Waals surface area contributed by atoms with Crippen molar-refractivity contribution in [2.75, 3.05) is 19.4 Å². The van der Waals surface area contributed by atoms with Crippen LogP contribution in [-0.4, -0.2) is 38.8 Å². The third-order valence-electron chi connectivity index (χ3n) is 4.23. The number of thiophene rings is 1. The summed E-state index contributed by atoms with van der Waals surface area (Å²) in [6.07, 6.45) is 3.61. The molecule has 1 unspecified atom stereocenters. The van der Waals surface area contributed by atoms with Crippen molar-refractivity contribution in [3.63, 3.8) is 0 Å². The lowest BCUT2D eigenvalue weighted by Crippen LogP contribution is -2.26. The summed E-state index contributed by atoms with van der Waals surface area (Å²) in [6.45, 7) is 0.717. The van der Waals surface area contributed by atoms with E-state index in [9.17, 15) is 18.3 Å². The van der Waals surface area contributed by atoms with Crippen molar-refractivity contribution in [1.29, 1.82) is 0 Å². The number of benzene rings is 1. The Labute approximate surface area is 159 Å². The summed E-state index contributed by atoms with van der Waals surface area (Å²) < 4.78 is 22.9. The van der Waals surface area contributed by atoms with Crippen molar-refractivity contribution in [3.05, 3.63) is 52.2 Å². The minimum absolute atomic E-state index is 0.0221. The summed E-state index contributed by atoms with van der Waals surface area (Å²) in [7, 11) is -3.19. The minimum atomic E-state index is -3.19. The fourth-order valence-electron chi connectivity index (χ4n) is 2.74. The Bertz CT molecular complexity index is 783. The van der Waals surface area contributed by atoms with Gasteiger partial charge in [-0.25, -0.2) is 8.42 Å². The van der Waals surface area contributed by atoms with Gasteiger partial charge in [-0.1, -0.05) is 18.2 Å². The molecule has 0 bridgehead atoms. The van der Waals surface area contributed by atoms with Crippen LogP contribution >= 0.6 is 11.3 Å². The quantitative estimate of drug-likeness (QED) is 0.648. The number of carbonyl (C=O) groups excluding carboxylic acids is 1. The molecule has 1 aromatic carbocycles. The van der Waals surface area contributed by atoms with Crippen LogP contribution in [0.4, 0.5) is 0 Å². The van der Waals surface area contributed by atoms with Crippen LogP contribution in [-0.2, 0) is 21.1 Å². The third-order valence-corrected chi connectivity index (χ3v) is 6.39. The fourth-order valence-corrected chi connectivity index (χ4v) is 4.27. The molecule has 2 rings (SSSR count). The maximum absolute atomic E-state index is 12.0. The van der Waals surface area contributed by atoms with Crippen LogP contribution in [0.25, 0.3) is 0 Å². The maximum Gasteiger partial charge on any atom is 0.220 e. The zero-order valence-corrected chi connectivity index (χ0v) is 16.5. The number of carbonyl (C=O) groups is 1. The van der Waals surface area contributed by atoms with Gasteiger partial charge < -0.3 is 10.4 Å². The lowest BCUT2D eigenvalue weighted by Gasteiger charge is -2.14. The molecule has 0 fully saturated rings. The standard InChI is InChI=1S/C19H25NO4S2/c1-26(23,24)17-7-4-15(5-8-17)6-9-19(22)20-12-10-16(11-13-21)18-3-2-14-25-18/h2-5,7-8,14,16,21H,6,9-13H2,1H3,(H,20,22). The van der Waals surface area contributed by atoms with Crippen molar-refractivity contribution >= 4 is 27.1 Å². The van der Waals surface area contributed by atoms with Crippen LogP contribution in [0.3, 0.4) is 0 Å². The Morgan fingerprint density at radius 2 is 1.92 bits per heavy atom. The second kappa shape index (κ2) is 9.85. The Kier molecular flexibility index (Phi) is 7.81. The second-order valence-electron chi connectivity index (χ2n) is 6.28. The first-order valence-electron chi connectivity index (χ1n) is 8.60. The number of nitrogens with one attached hydrogen (secondary N) is 1. The van der Waals surface area contributed by atoms with Gasteiger partial charge in [-0.05, 0) is 54.3 Å². The molecule has 0 aliphatic carbocycles. The van der Waals surface area contributed by atoms with Gasteiger partial charge in [0.1, 0.15) is 0 Å². The molecule has 1 aromatic heterocycles. The first-order valence-corrected chi connectivity index (χ1v) is 11.4. The Morgan fingerprint density at radius 1 is 1.19 bits per heavy atom. The third kappa shape index (κ3) is 6.55. The number of aryl methyl sites for hydroxylation is 1. The van der Waals surface area contributed by atoms with Gasteiger partial charge in [-0.2, -0.15) is 0 Å². The van der Waals surface area contributed by atoms with E-state index in [-0.39, 0.29) is 23.3 Å². The largest absolute Gasteiger partial charge is 0.396 e. The van der Waals surface area contributed by atoms with Crippen molar-refractivity contribution < 1.29 is 18.3 Å². The topological polar surface area (TPSA) is 83.5 Å². The van der Waals surface area contributed by atoms with Crippen LogP contribution in [0.2, 0.25) is 0 Å². The highest BCUT2D eigenvalue weighted by Crippen LogP contribution is 2.26. The highest BCUT2D eigenvalue weighted by atomic mass is 32.2. The first-order chi connectivity index (χ1) is 12.4. The number of hydrogen-bond acceptors (Lipinski definition) is 5. The lowest BCUT2D eigenvalue weighted by molar-refractivity contribution is -0.121. The Balaban J connectivity index is 1.75. The van der Waals surface area contributed by atoms with E-state index in [2.05, 4.69) is 11.4 Å². The summed E-state index contributed by atoms with van der Waals surface area (Å²) in [5.74, 6) is 0.245. The molecule has 0 radical (unpaired) electrons. The van der Waals surface area contributed by atoms with Crippen LogP contribution < -0.4 is 5.32 Å². The van der Waals surface area contributed by atoms with Gasteiger partial charge in [0, 0.05) is 30.7 Å². The van der Waals surface area contributed by atoms with E-state index in [1.54, 1.807) is 35.6 Å². The molecular formula is C19H25NO4S2. The van der Waals surface area contributed by atoms with Gasteiger partial charge in [0.05, 0.1) is 4.90 Å². The summed E-state index contributed by atoms with van der Waals surface area (Å²) in [4.78, 5) is 13.5. The van der Waals surface area contributed by atoms with Crippen molar-refractivity contribution in [2.24, 2.45) is 0 Å². The summed E-state index contributed by atoms with van der Waals surface area (Å²) >= 11 is 1.67. The lowest BCUT2D eigenvalue weighted by atomic mass is 10.00. The van der Waals surface area contributed by atoms with E-state index in [1.165, 1.54) is 11.1 Å². The highest BCUT2D eigenvalue weighted by molar-refractivity contribution is 7.90. The molecule has 142 valence electrons. The van der Waals surface area contributed by atoms with E-state index in [0.29, 0.717) is 25.8 Å². The highest BCUT2D eigenvalue weighted by Gasteiger charge is 2.13. The molecule has 1 atom stereocenters. The van der Waals surface area contributed by atoms with E-state index in [4.69, 9.17) is 0 Å². The summed E-state index contributed by atoms with van der Waals surface area (Å²) in [5, 5.41) is 14.2. The number of rotatable bonds is 10. The van der Waals surface area contributed by atoms with Crippen molar-refractivity contribution in [1.82, 2.24) is 5.32 Å². The summed E-state index contributed by atoms with van der Waals surface area (Å²) in [5.41, 5.74) is 0.935. The molecule has 1 heterocycles. The molecule has 2 aromatic rings. The molecule has 0 aliphatic rings. The number of sulfone groups is 1. The monoisotopic (exact) mass is 395 g/mol. The smallest absolute Gasteiger partial charge is 0.220 e. The molecule has 2 N–H and O–H groups in total. The van der Waals surface area contributed by atoms with Crippen LogP contribution in [0.15, 0.2) is 46.7 Å². The molecule has 0 aliphatic heterocycles. The predicted octanol–water partition coefficient (Wildman–Crippen LogP) is 2.76. The summed E-state index contributed by atoms with van der Waals surface area (Å²) in [6, 6.07) is 10.7. The number of amides is 1. The molecule has 26 heavy (non-hydrogen) atoms. The zero-order valence-electron chi connectivity index (χ0n) is 14.8. The van der Waals surface area contributed by atoms with Gasteiger partial charge in [-0.15, -0.1) is 11.3 Å². The van der Waals surface area contributed by atoms with Crippen LogP contribution in [0, 0.1) is 0 Å². The molecule has 5 nitrogen and oxygen atoms in total. The normalized spacial score (nSPS) is 12.7. The zero-order chi connectivity index (χ0) is 19.0. The Morgan fingerprint density at radius 3 is 2.50 bits per heavy atom. The molecule has 1 amide bonds. The van der Waals surface area contributed by atoms with Gasteiger partial charge in [0.2, 0.25) is 5.91 Å². The SMILES string of the molecule is CS(=O)(=O)c1ccc(CCC(=O)NCCC(CCO)c2cccs2)cc1. The fraction of sp³-hybridized carbons (Fsp3) is 0.421. The molecular weight excluding hydrogens is 370 g/mol. The second-order valence-corrected chi connectivity index (χ2v) is 9.27. The van der Waals surface area contributed by atoms with Gasteiger partial charge in [0.25, 0.3) is 0 Å². The molecule has 0 spiro atoms. The predicted molar refractivity (Wildman–Crippen MR) is 104 cm³/mol. The number of aliphatic hydroxyl groups is 1. The molecule has 7 heteroatoms. The van der Waals surface area contributed by atoms with Crippen molar-refractivity contribution in [3.8, 4) is 0 Å². The van der Waals surface area contributed by atoms with Gasteiger partial charge in [0.15, 0.2) is 9.84 Å². The van der Waals surface area contributed by atoms with Crippen LogP contribution in [0.1, 0.15) is 35.6 Å². The average molecular weight is 396 g/mol. The molecule has 0 saturated heterocycles. The van der Waals surface area contributed by atoms with E-state index in [0.717, 1.165) is 12.0 Å². The van der Waals surface area contributed by atoms with E-state index < -0.39 is 9.84 Å². The molecule has 0 saturated carbocycles. The van der Waals surface area contributed by atoms with E-state index >= 15 is 0 Å². The first kappa shape index (κ1) is 20.6. The maximum atomic E-state index is 12.0. The van der Waals surface area contributed by atoms with Gasteiger partial charge >= 0.3 is 0 Å². The Hall–Kier alpha value is -1.70. The minimum Gasteiger partial charge on any atom is -0.396 e. The van der Waals surface area contributed by atoms with Gasteiger partial charge in [-0.3, -0.25) is 4.79 Å². The average Bonchev–Trinajstić information content (AvgIpc) is 3.13. The number of hydrogen-bond donors (Lipinski definition) is 2. The van der Waals surface area contributed by atoms with Crippen molar-refractivity contribution in [2.45, 2.75) is 36.5 Å². The van der Waals surface area contributed by atoms with E-state index in [1.807, 2.05) is 11.4 Å².